The van der Waals surface area contributed by atoms with E-state index < -0.39 is 9.05 Å². The monoisotopic (exact) mass is 312 g/mol. The van der Waals surface area contributed by atoms with Crippen LogP contribution >= 0.6 is 26.6 Å². The van der Waals surface area contributed by atoms with Crippen molar-refractivity contribution in [2.24, 2.45) is 0 Å². The van der Waals surface area contributed by atoms with Crippen LogP contribution in [0.5, 0.6) is 0 Å². The van der Waals surface area contributed by atoms with E-state index in [2.05, 4.69) is 15.9 Å². The Balaban J connectivity index is 3.13. The quantitative estimate of drug-likeness (QED) is 0.803. The molecule has 0 N–H and O–H groups in total. The molecule has 0 spiro atoms. The van der Waals surface area contributed by atoms with Gasteiger partial charge in [-0.15, -0.1) is 0 Å². The molecule has 0 aromatic heterocycles. The van der Waals surface area contributed by atoms with Crippen LogP contribution in [0, 0.1) is 0 Å². The van der Waals surface area contributed by atoms with Crippen LogP contribution in [0.1, 0.15) is 11.1 Å². The fraction of sp³-hybridized carbons (Fsp3) is 0.333. The second kappa shape index (κ2) is 5.30. The highest BCUT2D eigenvalue weighted by Gasteiger charge is 2.14. The Morgan fingerprint density at radius 3 is 2.67 bits per heavy atom. The molecule has 1 aromatic carbocycles. The first-order valence-electron chi connectivity index (χ1n) is 4.11. The van der Waals surface area contributed by atoms with Gasteiger partial charge < -0.3 is 4.74 Å². The van der Waals surface area contributed by atoms with Gasteiger partial charge in [-0.25, -0.2) is 8.42 Å². The van der Waals surface area contributed by atoms with Crippen LogP contribution in [0.2, 0.25) is 0 Å². The normalized spacial score (nSPS) is 11.7. The Hall–Kier alpha value is -0.100. The summed E-state index contributed by atoms with van der Waals surface area (Å²) in [5, 5.41) is 0. The number of halogens is 2. The predicted octanol–water partition coefficient (Wildman–Crippen LogP) is 2.66. The molecule has 0 radical (unpaired) electrons. The first-order chi connectivity index (χ1) is 6.94. The average Bonchev–Trinajstić information content (AvgIpc) is 2.10. The van der Waals surface area contributed by atoms with Crippen molar-refractivity contribution in [3.8, 4) is 0 Å². The average molecular weight is 314 g/mol. The smallest absolute Gasteiger partial charge is 0.236 e. The molecule has 0 aliphatic heterocycles. The van der Waals surface area contributed by atoms with E-state index in [0.29, 0.717) is 12.2 Å². The number of hydrogen-bond acceptors (Lipinski definition) is 3. The largest absolute Gasteiger partial charge is 0.380 e. The number of rotatable bonds is 4. The zero-order chi connectivity index (χ0) is 11.5. The summed E-state index contributed by atoms with van der Waals surface area (Å²) in [7, 11) is 3.22. The summed E-state index contributed by atoms with van der Waals surface area (Å²) in [6.07, 6.45) is 0. The minimum atomic E-state index is -3.55. The molecule has 0 amide bonds. The zero-order valence-corrected chi connectivity index (χ0v) is 11.2. The van der Waals surface area contributed by atoms with Gasteiger partial charge in [-0.3, -0.25) is 0 Å². The third-order valence-electron chi connectivity index (χ3n) is 1.83. The van der Waals surface area contributed by atoms with Gasteiger partial charge in [0.2, 0.25) is 9.05 Å². The van der Waals surface area contributed by atoms with E-state index in [0.717, 1.165) is 10.0 Å². The SMILES string of the molecule is COCc1cccc(Br)c1CS(=O)(=O)Cl. The van der Waals surface area contributed by atoms with Gasteiger partial charge in [-0.2, -0.15) is 0 Å². The second-order valence-corrected chi connectivity index (χ2v) is 6.62. The van der Waals surface area contributed by atoms with E-state index in [9.17, 15) is 8.42 Å². The van der Waals surface area contributed by atoms with E-state index in [-0.39, 0.29) is 5.75 Å². The van der Waals surface area contributed by atoms with Gasteiger partial charge in [0.05, 0.1) is 12.4 Å². The lowest BCUT2D eigenvalue weighted by molar-refractivity contribution is 0.184. The summed E-state index contributed by atoms with van der Waals surface area (Å²) in [6.45, 7) is 0.362. The van der Waals surface area contributed by atoms with Crippen LogP contribution in [0.15, 0.2) is 22.7 Å². The Morgan fingerprint density at radius 1 is 1.47 bits per heavy atom. The Morgan fingerprint density at radius 2 is 2.13 bits per heavy atom. The molecular formula is C9H10BrClO3S. The van der Waals surface area contributed by atoms with E-state index in [1.54, 1.807) is 13.2 Å². The standard InChI is InChI=1S/C9H10BrClO3S/c1-14-5-7-3-2-4-9(10)8(7)6-15(11,12)13/h2-4H,5-6H2,1H3. The van der Waals surface area contributed by atoms with Crippen molar-refractivity contribution in [1.82, 2.24) is 0 Å². The molecule has 84 valence electrons. The third-order valence-corrected chi connectivity index (χ3v) is 3.54. The summed E-state index contributed by atoms with van der Waals surface area (Å²) in [4.78, 5) is 0. The molecule has 0 bridgehead atoms. The first-order valence-corrected chi connectivity index (χ1v) is 7.38. The van der Waals surface area contributed by atoms with Crippen molar-refractivity contribution in [3.05, 3.63) is 33.8 Å². The minimum absolute atomic E-state index is 0.200. The topological polar surface area (TPSA) is 43.4 Å². The van der Waals surface area contributed by atoms with Crippen LogP contribution in [0.4, 0.5) is 0 Å². The molecule has 0 atom stereocenters. The van der Waals surface area contributed by atoms with Crippen molar-refractivity contribution < 1.29 is 13.2 Å². The summed E-state index contributed by atoms with van der Waals surface area (Å²) in [5.74, 6) is -0.200. The van der Waals surface area contributed by atoms with Gasteiger partial charge in [-0.1, -0.05) is 28.1 Å². The Kier molecular flexibility index (Phi) is 4.58. The van der Waals surface area contributed by atoms with Crippen molar-refractivity contribution in [2.75, 3.05) is 7.11 Å². The highest BCUT2D eigenvalue weighted by molar-refractivity contribution is 9.10. The zero-order valence-electron chi connectivity index (χ0n) is 8.04. The van der Waals surface area contributed by atoms with Crippen LogP contribution < -0.4 is 0 Å². The molecule has 15 heavy (non-hydrogen) atoms. The van der Waals surface area contributed by atoms with Crippen LogP contribution in [0.25, 0.3) is 0 Å². The number of ether oxygens (including phenoxy) is 1. The van der Waals surface area contributed by atoms with Crippen molar-refractivity contribution in [3.63, 3.8) is 0 Å². The molecule has 0 heterocycles. The summed E-state index contributed by atoms with van der Waals surface area (Å²) >= 11 is 3.29. The van der Waals surface area contributed by atoms with E-state index in [1.165, 1.54) is 0 Å². The fourth-order valence-corrected chi connectivity index (χ4v) is 2.97. The summed E-state index contributed by atoms with van der Waals surface area (Å²) < 4.78 is 27.7. The van der Waals surface area contributed by atoms with Crippen LogP contribution in [-0.4, -0.2) is 15.5 Å². The second-order valence-electron chi connectivity index (χ2n) is 2.99. The number of benzene rings is 1. The maximum absolute atomic E-state index is 11.0. The molecule has 0 aliphatic carbocycles. The molecule has 1 aromatic rings. The highest BCUT2D eigenvalue weighted by atomic mass is 79.9. The molecule has 6 heteroatoms. The molecule has 3 nitrogen and oxygen atoms in total. The minimum Gasteiger partial charge on any atom is -0.380 e. The number of hydrogen-bond donors (Lipinski definition) is 0. The third kappa shape index (κ3) is 4.10. The first kappa shape index (κ1) is 13.0. The Bertz CT molecular complexity index is 445. The van der Waals surface area contributed by atoms with Gasteiger partial charge in [0, 0.05) is 22.3 Å². The maximum Gasteiger partial charge on any atom is 0.236 e. The number of methoxy groups -OCH3 is 1. The van der Waals surface area contributed by atoms with Crippen molar-refractivity contribution in [2.45, 2.75) is 12.4 Å². The lowest BCUT2D eigenvalue weighted by Crippen LogP contribution is -2.02. The van der Waals surface area contributed by atoms with Crippen molar-refractivity contribution >= 4 is 35.7 Å². The molecule has 1 rings (SSSR count). The molecule has 0 unspecified atom stereocenters. The lowest BCUT2D eigenvalue weighted by Gasteiger charge is -2.09. The van der Waals surface area contributed by atoms with Crippen molar-refractivity contribution in [1.29, 1.82) is 0 Å². The summed E-state index contributed by atoms with van der Waals surface area (Å²) in [6, 6.07) is 5.41. The molecule has 0 saturated carbocycles. The predicted molar refractivity (Wildman–Crippen MR) is 63.3 cm³/mol. The molecule has 0 aliphatic rings. The molecule has 0 saturated heterocycles. The Labute approximate surface area is 102 Å². The van der Waals surface area contributed by atoms with Gasteiger partial charge in [0.1, 0.15) is 0 Å². The van der Waals surface area contributed by atoms with Gasteiger partial charge in [0.25, 0.3) is 0 Å². The van der Waals surface area contributed by atoms with E-state index in [4.69, 9.17) is 15.4 Å². The highest BCUT2D eigenvalue weighted by Crippen LogP contribution is 2.24. The van der Waals surface area contributed by atoms with Gasteiger partial charge in [-0.05, 0) is 17.2 Å². The van der Waals surface area contributed by atoms with E-state index in [1.807, 2.05) is 12.1 Å². The lowest BCUT2D eigenvalue weighted by atomic mass is 10.1. The van der Waals surface area contributed by atoms with Gasteiger partial charge >= 0.3 is 0 Å². The van der Waals surface area contributed by atoms with E-state index >= 15 is 0 Å². The maximum atomic E-state index is 11.0. The molecule has 0 fully saturated rings. The molecular weight excluding hydrogens is 304 g/mol. The fourth-order valence-electron chi connectivity index (χ4n) is 1.23. The summed E-state index contributed by atoms with van der Waals surface area (Å²) in [5.41, 5.74) is 1.46. The van der Waals surface area contributed by atoms with Crippen LogP contribution in [0.3, 0.4) is 0 Å². The van der Waals surface area contributed by atoms with Gasteiger partial charge in [0.15, 0.2) is 0 Å². The van der Waals surface area contributed by atoms with Crippen LogP contribution in [-0.2, 0) is 26.1 Å².